The van der Waals surface area contributed by atoms with E-state index in [1.54, 1.807) is 0 Å². The molecule has 0 heterocycles. The van der Waals surface area contributed by atoms with Crippen molar-refractivity contribution in [3.63, 3.8) is 0 Å². The molecular weight excluding hydrogens is 128 g/mol. The molecule has 4 N–H and O–H groups in total. The zero-order valence-electron chi connectivity index (χ0n) is 6.84. The second-order valence-corrected chi connectivity index (χ2v) is 2.37. The van der Waals surface area contributed by atoms with Gasteiger partial charge in [-0.05, 0) is 18.9 Å². The number of hydrogen-bond donors (Lipinski definition) is 2. The molecule has 0 spiro atoms. The summed E-state index contributed by atoms with van der Waals surface area (Å²) in [6, 6.07) is 0. The number of carbonyl (C=O) groups excluding carboxylic acids is 1. The van der Waals surface area contributed by atoms with Crippen LogP contribution in [-0.2, 0) is 4.79 Å². The monoisotopic (exact) mass is 146 g/mol. The van der Waals surface area contributed by atoms with Gasteiger partial charge >= 0.3 is 0 Å². The number of rotatable bonds is 3. The molecule has 10 heavy (non-hydrogen) atoms. The van der Waals surface area contributed by atoms with Crippen molar-refractivity contribution < 1.29 is 4.79 Å². The highest BCUT2D eigenvalue weighted by Crippen LogP contribution is 1.93. The van der Waals surface area contributed by atoms with E-state index in [4.69, 9.17) is 10.5 Å². The van der Waals surface area contributed by atoms with Gasteiger partial charge < -0.3 is 16.3 Å². The second-order valence-electron chi connectivity index (χ2n) is 2.37. The van der Waals surface area contributed by atoms with Crippen molar-refractivity contribution in [2.24, 2.45) is 17.4 Å². The first kappa shape index (κ1) is 12.3. The summed E-state index contributed by atoms with van der Waals surface area (Å²) in [4.78, 5) is 9.05. The number of aldehydes is 1. The fraction of sp³-hybridized carbons (Fsp3) is 0.857. The molecule has 0 unspecified atom stereocenters. The van der Waals surface area contributed by atoms with E-state index >= 15 is 0 Å². The lowest BCUT2D eigenvalue weighted by molar-refractivity contribution is -0.106. The van der Waals surface area contributed by atoms with Crippen LogP contribution in [-0.4, -0.2) is 19.4 Å². The van der Waals surface area contributed by atoms with Gasteiger partial charge in [0.1, 0.15) is 6.29 Å². The van der Waals surface area contributed by atoms with Crippen LogP contribution in [0.1, 0.15) is 20.3 Å². The largest absolute Gasteiger partial charge is 0.330 e. The van der Waals surface area contributed by atoms with Gasteiger partial charge in [-0.2, -0.15) is 0 Å². The molecule has 3 nitrogen and oxygen atoms in total. The van der Waals surface area contributed by atoms with E-state index in [1.165, 1.54) is 0 Å². The summed E-state index contributed by atoms with van der Waals surface area (Å²) in [7, 11) is 0. The Balaban J connectivity index is 0. The molecule has 0 saturated carbocycles. The molecule has 0 bridgehead atoms. The molecule has 0 rings (SSSR count). The second kappa shape index (κ2) is 11.4. The molecule has 0 atom stereocenters. The van der Waals surface area contributed by atoms with Crippen LogP contribution in [0.3, 0.4) is 0 Å². The molecule has 3 heteroatoms. The van der Waals surface area contributed by atoms with Crippen molar-refractivity contribution in [1.29, 1.82) is 0 Å². The van der Waals surface area contributed by atoms with Gasteiger partial charge in [-0.1, -0.05) is 13.8 Å². The van der Waals surface area contributed by atoms with Crippen molar-refractivity contribution in [3.05, 3.63) is 0 Å². The Hall–Kier alpha value is -0.410. The van der Waals surface area contributed by atoms with Crippen LogP contribution in [0.2, 0.25) is 0 Å². The van der Waals surface area contributed by atoms with Crippen LogP contribution >= 0.6 is 0 Å². The molecule has 0 saturated heterocycles. The lowest BCUT2D eigenvalue weighted by Gasteiger charge is -1.96. The summed E-state index contributed by atoms with van der Waals surface area (Å²) in [5.41, 5.74) is 9.89. The first-order valence-electron chi connectivity index (χ1n) is 3.52. The van der Waals surface area contributed by atoms with Crippen LogP contribution < -0.4 is 11.5 Å². The lowest BCUT2D eigenvalue weighted by Crippen LogP contribution is -2.01. The standard InChI is InChI=1S/C5H13N.C2H5NO/c1-5(2)3-4-6;3-1-2-4/h5H,3-4,6H2,1-2H3;2H,1,3H2. The summed E-state index contributed by atoms with van der Waals surface area (Å²) >= 11 is 0. The first-order chi connectivity index (χ1) is 4.68. The zero-order valence-corrected chi connectivity index (χ0v) is 6.84. The molecule has 0 fully saturated rings. The third kappa shape index (κ3) is 25.6. The molecule has 0 amide bonds. The molecule has 0 aliphatic carbocycles. The maximum Gasteiger partial charge on any atom is 0.133 e. The summed E-state index contributed by atoms with van der Waals surface area (Å²) in [5.74, 6) is 0.773. The molecule has 0 aliphatic rings. The van der Waals surface area contributed by atoms with Crippen LogP contribution in [0.25, 0.3) is 0 Å². The predicted octanol–water partition coefficient (Wildman–Crippen LogP) is 0.135. The minimum Gasteiger partial charge on any atom is -0.330 e. The summed E-state index contributed by atoms with van der Waals surface area (Å²) in [6.07, 6.45) is 1.81. The molecule has 0 aliphatic heterocycles. The van der Waals surface area contributed by atoms with E-state index in [1.807, 2.05) is 0 Å². The molecular formula is C7H18N2O. The van der Waals surface area contributed by atoms with Gasteiger partial charge in [0, 0.05) is 6.54 Å². The average Bonchev–Trinajstić information content (AvgIpc) is 1.89. The number of nitrogens with two attached hydrogens (primary N) is 2. The maximum absolute atomic E-state index is 9.05. The van der Waals surface area contributed by atoms with Crippen molar-refractivity contribution in [1.82, 2.24) is 0 Å². The Labute approximate surface area is 62.8 Å². The van der Waals surface area contributed by atoms with E-state index in [0.29, 0.717) is 6.29 Å². The summed E-state index contributed by atoms with van der Waals surface area (Å²) < 4.78 is 0. The smallest absolute Gasteiger partial charge is 0.133 e. The molecule has 0 aromatic rings. The summed E-state index contributed by atoms with van der Waals surface area (Å²) in [5, 5.41) is 0. The Morgan fingerprint density at radius 1 is 1.40 bits per heavy atom. The predicted molar refractivity (Wildman–Crippen MR) is 43.6 cm³/mol. The molecule has 0 aromatic heterocycles. The minimum absolute atomic E-state index is 0.139. The number of hydrogen-bond acceptors (Lipinski definition) is 3. The van der Waals surface area contributed by atoms with Gasteiger partial charge in [0.25, 0.3) is 0 Å². The topological polar surface area (TPSA) is 69.1 Å². The lowest BCUT2D eigenvalue weighted by atomic mass is 10.1. The number of carbonyl (C=O) groups is 1. The van der Waals surface area contributed by atoms with E-state index < -0.39 is 0 Å². The van der Waals surface area contributed by atoms with Crippen molar-refractivity contribution >= 4 is 6.29 Å². The van der Waals surface area contributed by atoms with Crippen LogP contribution in [0.15, 0.2) is 0 Å². The van der Waals surface area contributed by atoms with Gasteiger partial charge in [-0.25, -0.2) is 0 Å². The minimum atomic E-state index is 0.139. The third-order valence-electron chi connectivity index (χ3n) is 0.840. The molecule has 62 valence electrons. The zero-order chi connectivity index (χ0) is 8.41. The highest BCUT2D eigenvalue weighted by Gasteiger charge is 1.85. The Bertz CT molecular complexity index is 64.6. The van der Waals surface area contributed by atoms with Gasteiger partial charge in [-0.3, -0.25) is 0 Å². The van der Waals surface area contributed by atoms with E-state index in [2.05, 4.69) is 19.6 Å². The quantitative estimate of drug-likeness (QED) is 0.556. The highest BCUT2D eigenvalue weighted by molar-refractivity contribution is 5.51. The third-order valence-corrected chi connectivity index (χ3v) is 0.840. The van der Waals surface area contributed by atoms with E-state index in [-0.39, 0.29) is 6.54 Å². The Morgan fingerprint density at radius 2 is 1.80 bits per heavy atom. The Morgan fingerprint density at radius 3 is 1.80 bits per heavy atom. The highest BCUT2D eigenvalue weighted by atomic mass is 16.1. The van der Waals surface area contributed by atoms with Crippen molar-refractivity contribution in [3.8, 4) is 0 Å². The van der Waals surface area contributed by atoms with Crippen molar-refractivity contribution in [2.75, 3.05) is 13.1 Å². The Kier molecular flexibility index (Phi) is 14.0. The molecule has 0 aromatic carbocycles. The van der Waals surface area contributed by atoms with Gasteiger partial charge in [0.05, 0.1) is 0 Å². The normalized spacial score (nSPS) is 8.50. The van der Waals surface area contributed by atoms with E-state index in [0.717, 1.165) is 18.9 Å². The fourth-order valence-electron chi connectivity index (χ4n) is 0.333. The first-order valence-corrected chi connectivity index (χ1v) is 3.52. The van der Waals surface area contributed by atoms with Gasteiger partial charge in [0.15, 0.2) is 0 Å². The van der Waals surface area contributed by atoms with Crippen LogP contribution in [0, 0.1) is 5.92 Å². The summed E-state index contributed by atoms with van der Waals surface area (Å²) in [6.45, 7) is 5.32. The van der Waals surface area contributed by atoms with Crippen LogP contribution in [0.5, 0.6) is 0 Å². The average molecular weight is 146 g/mol. The molecule has 0 radical (unpaired) electrons. The van der Waals surface area contributed by atoms with Gasteiger partial charge in [-0.15, -0.1) is 0 Å². The van der Waals surface area contributed by atoms with Gasteiger partial charge in [0.2, 0.25) is 0 Å². The van der Waals surface area contributed by atoms with E-state index in [9.17, 15) is 0 Å². The maximum atomic E-state index is 9.05. The fourth-order valence-corrected chi connectivity index (χ4v) is 0.333. The van der Waals surface area contributed by atoms with Crippen molar-refractivity contribution in [2.45, 2.75) is 20.3 Å². The van der Waals surface area contributed by atoms with Crippen LogP contribution in [0.4, 0.5) is 0 Å². The SMILES string of the molecule is CC(C)CCN.NCC=O.